The minimum atomic E-state index is -0.499. The number of nitrogen functional groups attached to an aromatic ring is 1. The number of hydrogen-bond acceptors (Lipinski definition) is 5. The molecule has 2 aromatic carbocycles. The zero-order valence-corrected chi connectivity index (χ0v) is 22.6. The van der Waals surface area contributed by atoms with Gasteiger partial charge < -0.3 is 21.1 Å². The second kappa shape index (κ2) is 11.0. The normalized spacial score (nSPS) is 15.0. The molecule has 1 aliphatic heterocycles. The molecule has 8 nitrogen and oxygen atoms in total. The third kappa shape index (κ3) is 6.36. The maximum atomic E-state index is 12.3. The zero-order chi connectivity index (χ0) is 26.6. The summed E-state index contributed by atoms with van der Waals surface area (Å²) in [6.07, 6.45) is 3.23. The maximum Gasteiger partial charge on any atom is 0.410 e. The molecule has 4 rings (SSSR count). The lowest BCUT2D eigenvalue weighted by molar-refractivity contribution is 0.0201. The van der Waals surface area contributed by atoms with Crippen molar-refractivity contribution in [1.82, 2.24) is 14.7 Å². The van der Waals surface area contributed by atoms with Crippen LogP contribution in [-0.2, 0) is 11.8 Å². The average Bonchev–Trinajstić information content (AvgIpc) is 3.21. The number of anilines is 1. The lowest BCUT2D eigenvalue weighted by Crippen LogP contribution is -2.44. The molecular formula is C28H40N6O2. The van der Waals surface area contributed by atoms with Crippen molar-refractivity contribution in [2.45, 2.75) is 60.0 Å². The molecule has 4 N–H and O–H groups in total. The van der Waals surface area contributed by atoms with Crippen LogP contribution in [0.3, 0.4) is 0 Å². The number of aryl methyl sites for hydroxylation is 2. The van der Waals surface area contributed by atoms with Gasteiger partial charge in [0.2, 0.25) is 0 Å². The molecule has 1 fully saturated rings. The number of piperidine rings is 1. The third-order valence-electron chi connectivity index (χ3n) is 6.09. The number of nitrogens with two attached hydrogens (primary N) is 2. The summed E-state index contributed by atoms with van der Waals surface area (Å²) in [6, 6.07) is 10.1. The van der Waals surface area contributed by atoms with Crippen molar-refractivity contribution in [2.75, 3.05) is 18.8 Å². The molecule has 1 saturated heterocycles. The molecule has 1 aliphatic rings. The minimum Gasteiger partial charge on any atom is -0.444 e. The Hall–Kier alpha value is -3.55. The first-order valence-corrected chi connectivity index (χ1v) is 12.7. The molecule has 194 valence electrons. The fourth-order valence-electron chi connectivity index (χ4n) is 4.35. The van der Waals surface area contributed by atoms with E-state index in [0.717, 1.165) is 40.4 Å². The zero-order valence-electron chi connectivity index (χ0n) is 22.6. The number of carbonyl (C=O) groups excluding carboxylic acids is 1. The van der Waals surface area contributed by atoms with Crippen molar-refractivity contribution in [3.63, 3.8) is 0 Å². The van der Waals surface area contributed by atoms with Crippen molar-refractivity contribution < 1.29 is 9.53 Å². The van der Waals surface area contributed by atoms with E-state index < -0.39 is 5.60 Å². The highest BCUT2D eigenvalue weighted by Gasteiger charge is 2.28. The Bertz CT molecular complexity index is 1250. The van der Waals surface area contributed by atoms with Gasteiger partial charge in [-0.25, -0.2) is 9.79 Å². The first-order chi connectivity index (χ1) is 17.0. The van der Waals surface area contributed by atoms with Crippen molar-refractivity contribution >= 4 is 34.2 Å². The molecule has 0 saturated carbocycles. The van der Waals surface area contributed by atoms with Crippen LogP contribution in [0.15, 0.2) is 41.5 Å². The highest BCUT2D eigenvalue weighted by Crippen LogP contribution is 2.32. The van der Waals surface area contributed by atoms with Crippen LogP contribution in [0.25, 0.3) is 22.0 Å². The highest BCUT2D eigenvalue weighted by molar-refractivity contribution is 5.90. The van der Waals surface area contributed by atoms with Gasteiger partial charge in [-0.2, -0.15) is 5.10 Å². The molecule has 0 unspecified atom stereocenters. The predicted molar refractivity (Wildman–Crippen MR) is 148 cm³/mol. The summed E-state index contributed by atoms with van der Waals surface area (Å²) >= 11 is 0. The fraction of sp³-hybridized carbons (Fsp3) is 0.464. The monoisotopic (exact) mass is 492 g/mol. The van der Waals surface area contributed by atoms with Crippen molar-refractivity contribution in [2.24, 2.45) is 23.7 Å². The predicted octanol–water partition coefficient (Wildman–Crippen LogP) is 5.79. The summed E-state index contributed by atoms with van der Waals surface area (Å²) in [5, 5.41) is 5.61. The van der Waals surface area contributed by atoms with E-state index in [1.54, 1.807) is 4.90 Å². The molecule has 8 heteroatoms. The van der Waals surface area contributed by atoms with E-state index in [2.05, 4.69) is 29.1 Å². The first-order valence-electron chi connectivity index (χ1n) is 12.7. The van der Waals surface area contributed by atoms with Crippen molar-refractivity contribution in [3.05, 3.63) is 42.1 Å². The number of amidine groups is 1. The SMILES string of the molecule is CC.Cc1cc(-c2ccc(N=C(N)C3CCN(C(=O)OC(C)(C)C)CC3)c(N)c2)cc2cn(C)nc12. The van der Waals surface area contributed by atoms with E-state index in [9.17, 15) is 4.79 Å². The minimum absolute atomic E-state index is 0.105. The van der Waals surface area contributed by atoms with Crippen LogP contribution in [0.5, 0.6) is 0 Å². The van der Waals surface area contributed by atoms with E-state index in [1.165, 1.54) is 0 Å². The van der Waals surface area contributed by atoms with Gasteiger partial charge in [-0.05, 0) is 81.5 Å². The van der Waals surface area contributed by atoms with E-state index >= 15 is 0 Å². The Labute approximate surface area is 214 Å². The number of aromatic nitrogens is 2. The van der Waals surface area contributed by atoms with Gasteiger partial charge in [-0.3, -0.25) is 4.68 Å². The molecule has 1 aromatic heterocycles. The number of rotatable bonds is 3. The molecular weight excluding hydrogens is 452 g/mol. The standard InChI is InChI=1S/C26H34N6O2.C2H6/c1-16-12-19(13-20-15-31(5)30-23(16)20)18-6-7-22(21(27)14-18)29-24(28)17-8-10-32(11-9-17)25(33)34-26(2,3)4;1-2/h6-7,12-15,17H,8-11,27H2,1-5H3,(H2,28,29);1-2H3. The molecule has 2 heterocycles. The summed E-state index contributed by atoms with van der Waals surface area (Å²) in [4.78, 5) is 18.7. The highest BCUT2D eigenvalue weighted by atomic mass is 16.6. The van der Waals surface area contributed by atoms with Gasteiger partial charge in [0, 0.05) is 37.6 Å². The summed E-state index contributed by atoms with van der Waals surface area (Å²) < 4.78 is 7.30. The summed E-state index contributed by atoms with van der Waals surface area (Å²) in [6.45, 7) is 12.9. The van der Waals surface area contributed by atoms with Gasteiger partial charge in [0.05, 0.1) is 16.9 Å². The van der Waals surface area contributed by atoms with Crippen LogP contribution >= 0.6 is 0 Å². The smallest absolute Gasteiger partial charge is 0.410 e. The molecule has 0 spiro atoms. The lowest BCUT2D eigenvalue weighted by atomic mass is 9.96. The molecule has 0 radical (unpaired) electrons. The Morgan fingerprint density at radius 2 is 1.78 bits per heavy atom. The number of hydrogen-bond donors (Lipinski definition) is 2. The average molecular weight is 493 g/mol. The number of likely N-dealkylation sites (tertiary alicyclic amines) is 1. The quantitative estimate of drug-likeness (QED) is 0.273. The Morgan fingerprint density at radius 1 is 1.11 bits per heavy atom. The Morgan fingerprint density at radius 3 is 2.39 bits per heavy atom. The van der Waals surface area contributed by atoms with Crippen LogP contribution in [0, 0.1) is 12.8 Å². The first kappa shape index (κ1) is 27.0. The van der Waals surface area contributed by atoms with E-state index in [1.807, 2.05) is 70.7 Å². The topological polar surface area (TPSA) is 112 Å². The fourth-order valence-corrected chi connectivity index (χ4v) is 4.35. The van der Waals surface area contributed by atoms with E-state index in [-0.39, 0.29) is 12.0 Å². The molecule has 1 amide bonds. The number of ether oxygens (including phenoxy) is 1. The van der Waals surface area contributed by atoms with Crippen LogP contribution in [-0.4, -0.2) is 45.3 Å². The Balaban J connectivity index is 0.00000176. The van der Waals surface area contributed by atoms with Gasteiger partial charge in [-0.15, -0.1) is 0 Å². The maximum absolute atomic E-state index is 12.3. The Kier molecular flexibility index (Phi) is 8.28. The molecule has 0 bridgehead atoms. The van der Waals surface area contributed by atoms with Gasteiger partial charge in [0.1, 0.15) is 11.4 Å². The second-order valence-electron chi connectivity index (χ2n) is 10.1. The lowest BCUT2D eigenvalue weighted by Gasteiger charge is -2.33. The van der Waals surface area contributed by atoms with E-state index in [0.29, 0.717) is 30.3 Å². The van der Waals surface area contributed by atoms with Crippen LogP contribution in [0.4, 0.5) is 16.2 Å². The number of aliphatic imine (C=N–C) groups is 1. The van der Waals surface area contributed by atoms with Gasteiger partial charge in [-0.1, -0.05) is 19.9 Å². The van der Waals surface area contributed by atoms with Crippen LogP contribution in [0.1, 0.15) is 53.0 Å². The largest absolute Gasteiger partial charge is 0.444 e. The summed E-state index contributed by atoms with van der Waals surface area (Å²) in [5.41, 5.74) is 17.7. The molecule has 3 aromatic rings. The van der Waals surface area contributed by atoms with Crippen LogP contribution in [0.2, 0.25) is 0 Å². The molecule has 0 atom stereocenters. The molecule has 0 aliphatic carbocycles. The molecule has 36 heavy (non-hydrogen) atoms. The van der Waals surface area contributed by atoms with Gasteiger partial charge in [0.15, 0.2) is 0 Å². The summed E-state index contributed by atoms with van der Waals surface area (Å²) in [7, 11) is 1.93. The summed E-state index contributed by atoms with van der Waals surface area (Å²) in [5.74, 6) is 0.657. The number of carbonyl (C=O) groups is 1. The van der Waals surface area contributed by atoms with Gasteiger partial charge >= 0.3 is 6.09 Å². The van der Waals surface area contributed by atoms with Crippen molar-refractivity contribution in [1.29, 1.82) is 0 Å². The number of benzene rings is 2. The van der Waals surface area contributed by atoms with E-state index in [4.69, 9.17) is 16.2 Å². The third-order valence-corrected chi connectivity index (χ3v) is 6.09. The number of nitrogens with zero attached hydrogens (tertiary/aromatic N) is 4. The van der Waals surface area contributed by atoms with Gasteiger partial charge in [0.25, 0.3) is 0 Å². The van der Waals surface area contributed by atoms with Crippen LogP contribution < -0.4 is 11.5 Å². The van der Waals surface area contributed by atoms with Crippen molar-refractivity contribution in [3.8, 4) is 11.1 Å². The second-order valence-corrected chi connectivity index (χ2v) is 10.1. The number of fused-ring (bicyclic) bond motifs is 1. The number of amides is 1.